The zero-order valence-electron chi connectivity index (χ0n) is 12.2. The molecule has 0 radical (unpaired) electrons. The molecule has 3 N–H and O–H groups in total. The van der Waals surface area contributed by atoms with Crippen LogP contribution in [-0.2, 0) is 0 Å². The Kier molecular flexibility index (Phi) is 7.18. The Bertz CT molecular complexity index is 458. The molecule has 110 valence electrons. The van der Waals surface area contributed by atoms with Crippen molar-refractivity contribution in [2.24, 2.45) is 5.73 Å². The van der Waals surface area contributed by atoms with Crippen LogP contribution in [-0.4, -0.2) is 42.0 Å². The fraction of sp³-hybridized carbons (Fsp3) is 0.467. The highest BCUT2D eigenvalue weighted by atomic mass is 32.1. The van der Waals surface area contributed by atoms with Crippen molar-refractivity contribution in [1.82, 2.24) is 10.2 Å². The monoisotopic (exact) mass is 293 g/mol. The van der Waals surface area contributed by atoms with Gasteiger partial charge in [-0.15, -0.1) is 0 Å². The van der Waals surface area contributed by atoms with Crippen molar-refractivity contribution >= 4 is 23.1 Å². The largest absolute Gasteiger partial charge is 0.389 e. The van der Waals surface area contributed by atoms with Crippen LogP contribution in [0.4, 0.5) is 0 Å². The molecule has 1 rings (SSSR count). The van der Waals surface area contributed by atoms with Crippen LogP contribution in [0, 0.1) is 0 Å². The Morgan fingerprint density at radius 2 is 1.95 bits per heavy atom. The average Bonchev–Trinajstić information content (AvgIpc) is 2.47. The number of nitrogens with one attached hydrogen (secondary N) is 1. The number of amides is 1. The minimum absolute atomic E-state index is 0.0809. The standard InChI is InChI=1S/C15H23N3OS/c1-3-18(4-2)10-6-9-17-15(19)13-8-5-7-12(11-13)14(16)20/h5,7-8,11H,3-4,6,9-10H2,1-2H3,(H2,16,20)(H,17,19). The van der Waals surface area contributed by atoms with Crippen LogP contribution in [0.3, 0.4) is 0 Å². The first kappa shape index (κ1) is 16.6. The van der Waals surface area contributed by atoms with Gasteiger partial charge >= 0.3 is 0 Å². The molecule has 0 spiro atoms. The van der Waals surface area contributed by atoms with Gasteiger partial charge in [-0.05, 0) is 38.2 Å². The van der Waals surface area contributed by atoms with E-state index in [2.05, 4.69) is 24.1 Å². The molecule has 0 saturated heterocycles. The van der Waals surface area contributed by atoms with Crippen LogP contribution in [0.2, 0.25) is 0 Å². The van der Waals surface area contributed by atoms with Gasteiger partial charge in [0.2, 0.25) is 0 Å². The van der Waals surface area contributed by atoms with E-state index < -0.39 is 0 Å². The Hall–Kier alpha value is -1.46. The third-order valence-corrected chi connectivity index (χ3v) is 3.48. The second-order valence-corrected chi connectivity index (χ2v) is 5.02. The van der Waals surface area contributed by atoms with Crippen molar-refractivity contribution in [3.05, 3.63) is 35.4 Å². The normalized spacial score (nSPS) is 10.6. The van der Waals surface area contributed by atoms with E-state index in [4.69, 9.17) is 18.0 Å². The molecule has 0 unspecified atom stereocenters. The van der Waals surface area contributed by atoms with Crippen LogP contribution in [0.25, 0.3) is 0 Å². The maximum atomic E-state index is 12.0. The molecule has 5 heteroatoms. The van der Waals surface area contributed by atoms with E-state index in [9.17, 15) is 4.79 Å². The van der Waals surface area contributed by atoms with E-state index in [0.717, 1.165) is 31.6 Å². The summed E-state index contributed by atoms with van der Waals surface area (Å²) in [5.74, 6) is -0.0809. The summed E-state index contributed by atoms with van der Waals surface area (Å²) in [6, 6.07) is 7.09. The molecule has 0 aliphatic heterocycles. The van der Waals surface area contributed by atoms with Gasteiger partial charge < -0.3 is 16.0 Å². The van der Waals surface area contributed by atoms with Gasteiger partial charge in [-0.2, -0.15) is 0 Å². The predicted octanol–water partition coefficient (Wildman–Crippen LogP) is 1.78. The SMILES string of the molecule is CCN(CC)CCCNC(=O)c1cccc(C(N)=S)c1. The Labute approximate surface area is 126 Å². The molecule has 0 aliphatic carbocycles. The predicted molar refractivity (Wildman–Crippen MR) is 87.1 cm³/mol. The first-order valence-electron chi connectivity index (χ1n) is 6.98. The van der Waals surface area contributed by atoms with E-state index in [-0.39, 0.29) is 5.91 Å². The van der Waals surface area contributed by atoms with E-state index in [1.54, 1.807) is 24.3 Å². The summed E-state index contributed by atoms with van der Waals surface area (Å²) in [4.78, 5) is 14.6. The van der Waals surface area contributed by atoms with E-state index in [1.807, 2.05) is 0 Å². The summed E-state index contributed by atoms with van der Waals surface area (Å²) in [5.41, 5.74) is 6.88. The topological polar surface area (TPSA) is 58.4 Å². The van der Waals surface area contributed by atoms with Crippen LogP contribution in [0.1, 0.15) is 36.2 Å². The van der Waals surface area contributed by atoms with E-state index in [0.29, 0.717) is 17.1 Å². The summed E-state index contributed by atoms with van der Waals surface area (Å²) < 4.78 is 0. The number of carbonyl (C=O) groups is 1. The van der Waals surface area contributed by atoms with Crippen molar-refractivity contribution < 1.29 is 4.79 Å². The molecule has 1 amide bonds. The minimum atomic E-state index is -0.0809. The van der Waals surface area contributed by atoms with Gasteiger partial charge in [-0.25, -0.2) is 0 Å². The van der Waals surface area contributed by atoms with Gasteiger partial charge in [0.05, 0.1) is 0 Å². The van der Waals surface area contributed by atoms with Gasteiger partial charge in [-0.1, -0.05) is 38.2 Å². The molecule has 0 bridgehead atoms. The smallest absolute Gasteiger partial charge is 0.251 e. The average molecular weight is 293 g/mol. The van der Waals surface area contributed by atoms with Crippen LogP contribution in [0.5, 0.6) is 0 Å². The number of carbonyl (C=O) groups excluding carboxylic acids is 1. The van der Waals surface area contributed by atoms with Crippen LogP contribution < -0.4 is 11.1 Å². The maximum absolute atomic E-state index is 12.0. The molecule has 0 aliphatic rings. The van der Waals surface area contributed by atoms with Crippen molar-refractivity contribution in [2.75, 3.05) is 26.2 Å². The lowest BCUT2D eigenvalue weighted by atomic mass is 10.1. The molecule has 20 heavy (non-hydrogen) atoms. The van der Waals surface area contributed by atoms with Crippen molar-refractivity contribution in [3.63, 3.8) is 0 Å². The third-order valence-electron chi connectivity index (χ3n) is 3.24. The quantitative estimate of drug-likeness (QED) is 0.567. The maximum Gasteiger partial charge on any atom is 0.251 e. The summed E-state index contributed by atoms with van der Waals surface area (Å²) in [6.07, 6.45) is 0.947. The molecular formula is C15H23N3OS. The lowest BCUT2D eigenvalue weighted by Gasteiger charge is -2.17. The third kappa shape index (κ3) is 5.27. The molecule has 1 aromatic carbocycles. The van der Waals surface area contributed by atoms with Gasteiger partial charge in [0.1, 0.15) is 4.99 Å². The first-order chi connectivity index (χ1) is 9.58. The number of hydrogen-bond donors (Lipinski definition) is 2. The minimum Gasteiger partial charge on any atom is -0.389 e. The zero-order valence-corrected chi connectivity index (χ0v) is 13.0. The van der Waals surface area contributed by atoms with Gasteiger partial charge in [0, 0.05) is 17.7 Å². The Balaban J connectivity index is 2.43. The molecule has 0 atom stereocenters. The fourth-order valence-corrected chi connectivity index (χ4v) is 2.09. The van der Waals surface area contributed by atoms with Crippen molar-refractivity contribution in [2.45, 2.75) is 20.3 Å². The summed E-state index contributed by atoms with van der Waals surface area (Å²) >= 11 is 4.91. The highest BCUT2D eigenvalue weighted by Crippen LogP contribution is 2.05. The summed E-state index contributed by atoms with van der Waals surface area (Å²) in [7, 11) is 0. The Morgan fingerprint density at radius 1 is 1.30 bits per heavy atom. The number of nitrogens with two attached hydrogens (primary N) is 1. The molecule has 0 aromatic heterocycles. The van der Waals surface area contributed by atoms with E-state index >= 15 is 0 Å². The highest BCUT2D eigenvalue weighted by Gasteiger charge is 2.07. The number of nitrogens with zero attached hydrogens (tertiary/aromatic N) is 1. The second kappa shape index (κ2) is 8.66. The van der Waals surface area contributed by atoms with Crippen LogP contribution in [0.15, 0.2) is 24.3 Å². The lowest BCUT2D eigenvalue weighted by Crippen LogP contribution is -2.30. The molecule has 4 nitrogen and oxygen atoms in total. The summed E-state index contributed by atoms with van der Waals surface area (Å²) in [6.45, 7) is 8.04. The fourth-order valence-electron chi connectivity index (χ4n) is 1.96. The zero-order chi connectivity index (χ0) is 15.0. The molecular weight excluding hydrogens is 270 g/mol. The highest BCUT2D eigenvalue weighted by molar-refractivity contribution is 7.80. The first-order valence-corrected chi connectivity index (χ1v) is 7.39. The molecule has 0 fully saturated rings. The van der Waals surface area contributed by atoms with Gasteiger partial charge in [0.25, 0.3) is 5.91 Å². The summed E-state index contributed by atoms with van der Waals surface area (Å²) in [5, 5.41) is 2.92. The number of benzene rings is 1. The number of thiocarbonyl (C=S) groups is 1. The molecule has 1 aromatic rings. The number of rotatable bonds is 8. The van der Waals surface area contributed by atoms with Gasteiger partial charge in [-0.3, -0.25) is 4.79 Å². The number of hydrogen-bond acceptors (Lipinski definition) is 3. The Morgan fingerprint density at radius 3 is 2.55 bits per heavy atom. The molecule has 0 heterocycles. The molecule has 0 saturated carbocycles. The van der Waals surface area contributed by atoms with Crippen LogP contribution >= 0.6 is 12.2 Å². The second-order valence-electron chi connectivity index (χ2n) is 4.58. The lowest BCUT2D eigenvalue weighted by molar-refractivity contribution is 0.0952. The van der Waals surface area contributed by atoms with E-state index in [1.165, 1.54) is 0 Å². The van der Waals surface area contributed by atoms with Crippen molar-refractivity contribution in [1.29, 1.82) is 0 Å². The van der Waals surface area contributed by atoms with Crippen molar-refractivity contribution in [3.8, 4) is 0 Å². The van der Waals surface area contributed by atoms with Gasteiger partial charge in [0.15, 0.2) is 0 Å².